The van der Waals surface area contributed by atoms with Crippen molar-refractivity contribution in [1.29, 1.82) is 0 Å². The third-order valence-corrected chi connectivity index (χ3v) is 19.3. The van der Waals surface area contributed by atoms with E-state index in [1.54, 1.807) is 6.08 Å². The van der Waals surface area contributed by atoms with Gasteiger partial charge in [0, 0.05) is 12.8 Å². The summed E-state index contributed by atoms with van der Waals surface area (Å²) < 4.78 is 5.52. The van der Waals surface area contributed by atoms with Crippen LogP contribution in [-0.2, 0) is 14.3 Å². The second-order valence-electron chi connectivity index (χ2n) is 28.1. The highest BCUT2D eigenvalue weighted by molar-refractivity contribution is 5.76. The molecule has 0 aromatic rings. The number of amides is 1. The van der Waals surface area contributed by atoms with E-state index >= 15 is 0 Å². The number of rotatable bonds is 77. The number of allylic oxidation sites excluding steroid dienone is 1. The summed E-state index contributed by atoms with van der Waals surface area (Å²) in [4.78, 5) is 24.7. The molecule has 518 valence electrons. The molecule has 0 saturated carbocycles. The molecule has 1 amide bonds. The number of ether oxygens (including phenoxy) is 1. The number of unbranched alkanes of at least 4 members (excludes halogenated alkanes) is 66. The maximum Gasteiger partial charge on any atom is 0.305 e. The molecule has 3 N–H and O–H groups in total. The van der Waals surface area contributed by atoms with Gasteiger partial charge in [0.05, 0.1) is 25.4 Å². The van der Waals surface area contributed by atoms with Gasteiger partial charge in [-0.3, -0.25) is 9.59 Å². The average Bonchev–Trinajstić information content (AvgIpc) is 3.58. The lowest BCUT2D eigenvalue weighted by atomic mass is 10.0. The highest BCUT2D eigenvalue weighted by Gasteiger charge is 2.18. The number of esters is 1. The zero-order valence-corrected chi connectivity index (χ0v) is 59.5. The first kappa shape index (κ1) is 85.6. The molecule has 2 unspecified atom stereocenters. The minimum absolute atomic E-state index is 0.0252. The Hall–Kier alpha value is -1.40. The van der Waals surface area contributed by atoms with Crippen LogP contribution in [0.25, 0.3) is 0 Å². The Labute approximate surface area is 546 Å². The monoisotopic (exact) mass is 1230 g/mol. The lowest BCUT2D eigenvalue weighted by molar-refractivity contribution is -0.143. The maximum atomic E-state index is 12.6. The minimum atomic E-state index is -0.843. The second kappa shape index (κ2) is 77.1. The van der Waals surface area contributed by atoms with Crippen molar-refractivity contribution in [3.8, 4) is 0 Å². The predicted molar refractivity (Wildman–Crippen MR) is 384 cm³/mol. The first-order valence-electron chi connectivity index (χ1n) is 40.5. The van der Waals surface area contributed by atoms with Gasteiger partial charge >= 0.3 is 5.97 Å². The van der Waals surface area contributed by atoms with E-state index in [2.05, 4.69) is 19.2 Å². The normalized spacial score (nSPS) is 12.5. The molecule has 0 aliphatic heterocycles. The molecule has 0 saturated heterocycles. The van der Waals surface area contributed by atoms with Crippen molar-refractivity contribution in [2.75, 3.05) is 13.2 Å². The van der Waals surface area contributed by atoms with E-state index in [0.717, 1.165) is 38.5 Å². The highest BCUT2D eigenvalue weighted by atomic mass is 16.5. The van der Waals surface area contributed by atoms with Gasteiger partial charge in [-0.05, 0) is 32.1 Å². The number of nitrogens with one attached hydrogen (secondary N) is 1. The molecule has 0 aromatic carbocycles. The van der Waals surface area contributed by atoms with Crippen LogP contribution in [0, 0.1) is 0 Å². The summed E-state index contributed by atoms with van der Waals surface area (Å²) in [5.74, 6) is -0.0332. The van der Waals surface area contributed by atoms with Crippen molar-refractivity contribution in [2.45, 2.75) is 482 Å². The first-order chi connectivity index (χ1) is 43.0. The Balaban J connectivity index is 3.34. The van der Waals surface area contributed by atoms with Crippen molar-refractivity contribution >= 4 is 11.9 Å². The van der Waals surface area contributed by atoms with Gasteiger partial charge in [-0.2, -0.15) is 0 Å². The summed E-state index contributed by atoms with van der Waals surface area (Å²) >= 11 is 0. The molecule has 0 rings (SSSR count). The Morgan fingerprint density at radius 2 is 0.529 bits per heavy atom. The van der Waals surface area contributed by atoms with Crippen LogP contribution in [0.3, 0.4) is 0 Å². The van der Waals surface area contributed by atoms with E-state index in [0.29, 0.717) is 19.4 Å². The van der Waals surface area contributed by atoms with Gasteiger partial charge in [0.25, 0.3) is 0 Å². The third kappa shape index (κ3) is 73.5. The predicted octanol–water partition coefficient (Wildman–Crippen LogP) is 26.7. The standard InChI is InChI=1S/C81H159NO5/c1-3-5-7-9-11-13-15-17-19-21-22-23-32-35-38-42-45-49-53-57-61-65-69-73-79(84)78(77-83)82-80(85)74-70-66-62-58-54-50-46-43-39-36-33-30-28-26-24-25-27-29-31-34-37-40-44-48-52-56-60-64-68-72-76-87-81(86)75-71-67-63-59-55-51-47-41-20-18-16-14-12-10-8-6-4-2/h69,73,78-79,83-84H,3-68,70-72,74-77H2,1-2H3,(H,82,85)/b73-69+. The van der Waals surface area contributed by atoms with Crippen LogP contribution in [0.4, 0.5) is 0 Å². The maximum absolute atomic E-state index is 12.6. The molecular weight excluding hydrogens is 1070 g/mol. The van der Waals surface area contributed by atoms with Crippen LogP contribution in [-0.4, -0.2) is 47.4 Å². The summed E-state index contributed by atoms with van der Waals surface area (Å²) in [7, 11) is 0. The van der Waals surface area contributed by atoms with Crippen LogP contribution in [0.2, 0.25) is 0 Å². The second-order valence-corrected chi connectivity index (χ2v) is 28.1. The molecule has 0 spiro atoms. The summed E-state index contributed by atoms with van der Waals surface area (Å²) in [5, 5.41) is 23.3. The van der Waals surface area contributed by atoms with Gasteiger partial charge in [-0.15, -0.1) is 0 Å². The summed E-state index contributed by atoms with van der Waals surface area (Å²) in [6, 6.07) is -0.626. The average molecular weight is 1230 g/mol. The van der Waals surface area contributed by atoms with Gasteiger partial charge in [-0.1, -0.05) is 437 Å². The Kier molecular flexibility index (Phi) is 75.8. The van der Waals surface area contributed by atoms with Crippen molar-refractivity contribution in [3.05, 3.63) is 12.2 Å². The molecule has 87 heavy (non-hydrogen) atoms. The van der Waals surface area contributed by atoms with E-state index in [9.17, 15) is 19.8 Å². The van der Waals surface area contributed by atoms with Crippen molar-refractivity contribution in [2.24, 2.45) is 0 Å². The van der Waals surface area contributed by atoms with Gasteiger partial charge in [0.15, 0.2) is 0 Å². The fourth-order valence-electron chi connectivity index (χ4n) is 13.2. The molecule has 0 aromatic heterocycles. The van der Waals surface area contributed by atoms with Crippen LogP contribution >= 0.6 is 0 Å². The van der Waals surface area contributed by atoms with E-state index in [1.807, 2.05) is 6.08 Å². The quantitative estimate of drug-likeness (QED) is 0.0320. The molecule has 6 heteroatoms. The fourth-order valence-corrected chi connectivity index (χ4v) is 13.2. The van der Waals surface area contributed by atoms with E-state index < -0.39 is 12.1 Å². The number of hydrogen-bond acceptors (Lipinski definition) is 5. The van der Waals surface area contributed by atoms with E-state index in [4.69, 9.17) is 4.74 Å². The molecule has 0 aliphatic carbocycles. The van der Waals surface area contributed by atoms with E-state index in [1.165, 1.54) is 405 Å². The molecule has 6 nitrogen and oxygen atoms in total. The van der Waals surface area contributed by atoms with Crippen LogP contribution in [0.5, 0.6) is 0 Å². The summed E-state index contributed by atoms with van der Waals surface area (Å²) in [5.41, 5.74) is 0. The lowest BCUT2D eigenvalue weighted by Gasteiger charge is -2.20. The van der Waals surface area contributed by atoms with Crippen LogP contribution < -0.4 is 5.32 Å². The zero-order valence-electron chi connectivity index (χ0n) is 59.5. The number of carbonyl (C=O) groups is 2. The van der Waals surface area contributed by atoms with Gasteiger partial charge in [-0.25, -0.2) is 0 Å². The molecule has 0 radical (unpaired) electrons. The Bertz CT molecular complexity index is 1320. The van der Waals surface area contributed by atoms with Crippen LogP contribution in [0.1, 0.15) is 470 Å². The number of hydrogen-bond donors (Lipinski definition) is 3. The van der Waals surface area contributed by atoms with Crippen molar-refractivity contribution in [1.82, 2.24) is 5.32 Å². The highest BCUT2D eigenvalue weighted by Crippen LogP contribution is 2.20. The summed E-state index contributed by atoms with van der Waals surface area (Å²) in [6.45, 7) is 4.97. The van der Waals surface area contributed by atoms with E-state index in [-0.39, 0.29) is 18.5 Å². The number of aliphatic hydroxyl groups is 2. The Morgan fingerprint density at radius 1 is 0.310 bits per heavy atom. The summed E-state index contributed by atoms with van der Waals surface area (Å²) in [6.07, 6.45) is 97.7. The Morgan fingerprint density at radius 3 is 0.782 bits per heavy atom. The molecule has 0 aliphatic rings. The SMILES string of the molecule is CCCCCCCCCCCCCCCCCCCCCCC/C=C/C(O)C(CO)NC(=O)CCCCCCCCCCCCCCCCCCCCCCCCCCCCCCCCOC(=O)CCCCCCCCCCCCCCCCCCC. The largest absolute Gasteiger partial charge is 0.466 e. The number of carbonyl (C=O) groups excluding carboxylic acids is 2. The molecule has 2 atom stereocenters. The third-order valence-electron chi connectivity index (χ3n) is 19.3. The van der Waals surface area contributed by atoms with Crippen molar-refractivity contribution < 1.29 is 24.5 Å². The first-order valence-corrected chi connectivity index (χ1v) is 40.5. The molecule has 0 bridgehead atoms. The minimum Gasteiger partial charge on any atom is -0.466 e. The van der Waals surface area contributed by atoms with Gasteiger partial charge in [0.1, 0.15) is 0 Å². The molecule has 0 fully saturated rings. The van der Waals surface area contributed by atoms with Gasteiger partial charge < -0.3 is 20.3 Å². The zero-order chi connectivity index (χ0) is 62.8. The smallest absolute Gasteiger partial charge is 0.305 e. The lowest BCUT2D eigenvalue weighted by Crippen LogP contribution is -2.45. The van der Waals surface area contributed by atoms with Crippen molar-refractivity contribution in [3.63, 3.8) is 0 Å². The van der Waals surface area contributed by atoms with Gasteiger partial charge in [0.2, 0.25) is 5.91 Å². The molecular formula is C81H159NO5. The molecule has 0 heterocycles. The topological polar surface area (TPSA) is 95.9 Å². The van der Waals surface area contributed by atoms with Crippen LogP contribution in [0.15, 0.2) is 12.2 Å². The fraction of sp³-hybridized carbons (Fsp3) is 0.951. The number of aliphatic hydroxyl groups excluding tert-OH is 2.